The van der Waals surface area contributed by atoms with Crippen LogP contribution in [0.3, 0.4) is 0 Å². The van der Waals surface area contributed by atoms with Crippen molar-refractivity contribution in [1.29, 1.82) is 0 Å². The van der Waals surface area contributed by atoms with Crippen molar-refractivity contribution in [2.24, 2.45) is 5.92 Å². The summed E-state index contributed by atoms with van der Waals surface area (Å²) in [6.07, 6.45) is 1.06. The van der Waals surface area contributed by atoms with E-state index in [0.29, 0.717) is 17.7 Å². The van der Waals surface area contributed by atoms with Crippen LogP contribution in [0.4, 0.5) is 0 Å². The fourth-order valence-electron chi connectivity index (χ4n) is 3.82. The maximum Gasteiger partial charge on any atom is 0.331 e. The highest BCUT2D eigenvalue weighted by atomic mass is 16.4. The molecule has 0 bridgehead atoms. The van der Waals surface area contributed by atoms with E-state index in [0.717, 1.165) is 5.56 Å². The number of aryl methyl sites for hydroxylation is 1. The summed E-state index contributed by atoms with van der Waals surface area (Å²) in [4.78, 5) is 49.9. The molecular formula is C17H17NO6. The Morgan fingerprint density at radius 1 is 1.12 bits per heavy atom. The molecule has 1 fully saturated rings. The molecule has 1 heterocycles. The van der Waals surface area contributed by atoms with E-state index in [9.17, 15) is 29.4 Å². The molecule has 24 heavy (non-hydrogen) atoms. The van der Waals surface area contributed by atoms with Gasteiger partial charge in [0.05, 0.1) is 17.0 Å². The van der Waals surface area contributed by atoms with E-state index in [2.05, 4.69) is 0 Å². The van der Waals surface area contributed by atoms with Gasteiger partial charge in [-0.05, 0) is 31.9 Å². The highest BCUT2D eigenvalue weighted by Gasteiger charge is 2.61. The average molecular weight is 331 g/mol. The van der Waals surface area contributed by atoms with Gasteiger partial charge < -0.3 is 10.2 Å². The van der Waals surface area contributed by atoms with Crippen molar-refractivity contribution < 1.29 is 29.4 Å². The Hall–Kier alpha value is -2.70. The van der Waals surface area contributed by atoms with E-state index >= 15 is 0 Å². The number of fused-ring (bicyclic) bond motifs is 1. The first kappa shape index (κ1) is 16.2. The molecule has 2 N–H and O–H groups in total. The van der Waals surface area contributed by atoms with Crippen LogP contribution in [0, 0.1) is 12.8 Å². The van der Waals surface area contributed by atoms with E-state index in [1.807, 2.05) is 0 Å². The Kier molecular flexibility index (Phi) is 3.66. The first-order chi connectivity index (χ1) is 11.3. The molecule has 1 saturated carbocycles. The number of aliphatic carboxylic acids is 2. The van der Waals surface area contributed by atoms with Crippen molar-refractivity contribution in [3.63, 3.8) is 0 Å². The number of rotatable bonds is 3. The Bertz CT molecular complexity index is 770. The average Bonchev–Trinajstić information content (AvgIpc) is 2.78. The fraction of sp³-hybridized carbons (Fsp3) is 0.412. The first-order valence-electron chi connectivity index (χ1n) is 7.76. The zero-order chi connectivity index (χ0) is 17.6. The van der Waals surface area contributed by atoms with E-state index in [-0.39, 0.29) is 24.0 Å². The van der Waals surface area contributed by atoms with Gasteiger partial charge in [0.25, 0.3) is 11.8 Å². The quantitative estimate of drug-likeness (QED) is 0.815. The summed E-state index contributed by atoms with van der Waals surface area (Å²) in [6, 6.07) is 4.68. The molecule has 2 unspecified atom stereocenters. The van der Waals surface area contributed by atoms with Crippen molar-refractivity contribution >= 4 is 23.8 Å². The number of hydrogen-bond donors (Lipinski definition) is 2. The van der Waals surface area contributed by atoms with Crippen molar-refractivity contribution in [2.45, 2.75) is 38.1 Å². The molecule has 7 nitrogen and oxygen atoms in total. The Morgan fingerprint density at radius 3 is 2.42 bits per heavy atom. The van der Waals surface area contributed by atoms with Gasteiger partial charge in [0, 0.05) is 0 Å². The smallest absolute Gasteiger partial charge is 0.331 e. The number of hydrogen-bond acceptors (Lipinski definition) is 4. The van der Waals surface area contributed by atoms with Crippen LogP contribution < -0.4 is 0 Å². The van der Waals surface area contributed by atoms with E-state index in [4.69, 9.17) is 0 Å². The monoisotopic (exact) mass is 331 g/mol. The molecule has 126 valence electrons. The van der Waals surface area contributed by atoms with Gasteiger partial charge >= 0.3 is 11.9 Å². The lowest BCUT2D eigenvalue weighted by Crippen LogP contribution is -2.64. The van der Waals surface area contributed by atoms with E-state index < -0.39 is 35.2 Å². The van der Waals surface area contributed by atoms with Gasteiger partial charge in [0.2, 0.25) is 0 Å². The first-order valence-corrected chi connectivity index (χ1v) is 7.76. The lowest BCUT2D eigenvalue weighted by atomic mass is 9.71. The molecule has 0 spiro atoms. The van der Waals surface area contributed by atoms with Gasteiger partial charge in [-0.25, -0.2) is 4.79 Å². The van der Waals surface area contributed by atoms with Crippen LogP contribution in [0.2, 0.25) is 0 Å². The largest absolute Gasteiger partial charge is 0.481 e. The summed E-state index contributed by atoms with van der Waals surface area (Å²) in [5.74, 6) is -5.52. The molecule has 0 saturated heterocycles. The highest BCUT2D eigenvalue weighted by molar-refractivity contribution is 6.23. The van der Waals surface area contributed by atoms with Gasteiger partial charge in [0.15, 0.2) is 5.54 Å². The van der Waals surface area contributed by atoms with Crippen molar-refractivity contribution in [3.8, 4) is 0 Å². The summed E-state index contributed by atoms with van der Waals surface area (Å²) in [5.41, 5.74) is -1.01. The standard InChI is InChI=1S/C17H17NO6/c1-9-5-6-10-11(8-9)14(20)18(13(10)19)17(16(23)24)7-3-2-4-12(17)15(21)22/h5-6,8,12H,2-4,7H2,1H3,(H,21,22)(H,23,24). The molecule has 0 radical (unpaired) electrons. The molecule has 2 atom stereocenters. The minimum atomic E-state index is -2.04. The minimum absolute atomic E-state index is 0.0518. The van der Waals surface area contributed by atoms with Crippen LogP contribution in [0.1, 0.15) is 52.0 Å². The number of nitrogens with zero attached hydrogens (tertiary/aromatic N) is 1. The van der Waals surface area contributed by atoms with Crippen LogP contribution in [-0.4, -0.2) is 44.4 Å². The van der Waals surface area contributed by atoms with Gasteiger partial charge in [-0.3, -0.25) is 19.3 Å². The normalized spacial score (nSPS) is 26.4. The third kappa shape index (κ3) is 2.04. The molecule has 3 rings (SSSR count). The van der Waals surface area contributed by atoms with Crippen LogP contribution >= 0.6 is 0 Å². The highest BCUT2D eigenvalue weighted by Crippen LogP contribution is 2.43. The lowest BCUT2D eigenvalue weighted by Gasteiger charge is -2.43. The lowest BCUT2D eigenvalue weighted by molar-refractivity contribution is -0.164. The van der Waals surface area contributed by atoms with Crippen LogP contribution in [0.25, 0.3) is 0 Å². The van der Waals surface area contributed by atoms with Gasteiger partial charge in [0.1, 0.15) is 0 Å². The maximum absolute atomic E-state index is 12.8. The van der Waals surface area contributed by atoms with Crippen molar-refractivity contribution in [3.05, 3.63) is 34.9 Å². The maximum atomic E-state index is 12.8. The minimum Gasteiger partial charge on any atom is -0.481 e. The number of amides is 2. The summed E-state index contributed by atoms with van der Waals surface area (Å²) >= 11 is 0. The molecule has 1 aliphatic carbocycles. The molecule has 1 aromatic carbocycles. The van der Waals surface area contributed by atoms with E-state index in [1.54, 1.807) is 13.0 Å². The molecule has 7 heteroatoms. The van der Waals surface area contributed by atoms with Gasteiger partial charge in [-0.2, -0.15) is 0 Å². The van der Waals surface area contributed by atoms with Gasteiger partial charge in [-0.1, -0.05) is 24.5 Å². The summed E-state index contributed by atoms with van der Waals surface area (Å²) in [7, 11) is 0. The second-order valence-electron chi connectivity index (χ2n) is 6.36. The topological polar surface area (TPSA) is 112 Å². The Morgan fingerprint density at radius 2 is 1.79 bits per heavy atom. The molecular weight excluding hydrogens is 314 g/mol. The summed E-state index contributed by atoms with van der Waals surface area (Å²) in [5, 5.41) is 19.3. The third-order valence-corrected chi connectivity index (χ3v) is 4.99. The number of carboxylic acid groups (broad SMARTS) is 2. The molecule has 2 amide bonds. The predicted molar refractivity (Wildman–Crippen MR) is 81.6 cm³/mol. The number of carboxylic acids is 2. The number of benzene rings is 1. The fourth-order valence-corrected chi connectivity index (χ4v) is 3.82. The van der Waals surface area contributed by atoms with Crippen LogP contribution in [0.5, 0.6) is 0 Å². The zero-order valence-electron chi connectivity index (χ0n) is 13.1. The SMILES string of the molecule is Cc1ccc2c(c1)C(=O)N(C1(C(=O)O)CCCCC1C(=O)O)C2=O. The molecule has 1 aromatic rings. The Balaban J connectivity index is 2.17. The molecule has 1 aliphatic heterocycles. The third-order valence-electron chi connectivity index (χ3n) is 4.99. The number of imide groups is 1. The second kappa shape index (κ2) is 5.43. The second-order valence-corrected chi connectivity index (χ2v) is 6.36. The number of carbonyl (C=O) groups excluding carboxylic acids is 2. The van der Waals surface area contributed by atoms with Crippen LogP contribution in [-0.2, 0) is 9.59 Å². The summed E-state index contributed by atoms with van der Waals surface area (Å²) in [6.45, 7) is 1.76. The van der Waals surface area contributed by atoms with Crippen molar-refractivity contribution in [2.75, 3.05) is 0 Å². The number of carbonyl (C=O) groups is 4. The van der Waals surface area contributed by atoms with Crippen molar-refractivity contribution in [1.82, 2.24) is 4.90 Å². The van der Waals surface area contributed by atoms with Gasteiger partial charge in [-0.15, -0.1) is 0 Å². The molecule has 2 aliphatic rings. The molecule has 0 aromatic heterocycles. The summed E-state index contributed by atoms with van der Waals surface area (Å²) < 4.78 is 0. The van der Waals surface area contributed by atoms with E-state index in [1.165, 1.54) is 12.1 Å². The Labute approximate surface area is 137 Å². The zero-order valence-corrected chi connectivity index (χ0v) is 13.1. The predicted octanol–water partition coefficient (Wildman–Crippen LogP) is 1.69. The van der Waals surface area contributed by atoms with Crippen LogP contribution in [0.15, 0.2) is 18.2 Å².